The van der Waals surface area contributed by atoms with Gasteiger partial charge in [0.25, 0.3) is 0 Å². The van der Waals surface area contributed by atoms with Gasteiger partial charge in [0, 0.05) is 18.5 Å². The fraction of sp³-hybridized carbons (Fsp3) is 0.600. The zero-order valence-corrected chi connectivity index (χ0v) is 11.1. The number of rotatable bonds is 2. The maximum absolute atomic E-state index is 11.0. The average molecular weight is 233 g/mol. The topological polar surface area (TPSA) is 23.5 Å². The largest absolute Gasteiger partial charge is 0.385 e. The second-order valence-corrected chi connectivity index (χ2v) is 5.33. The van der Waals surface area contributed by atoms with Crippen molar-refractivity contribution in [3.63, 3.8) is 0 Å². The van der Waals surface area contributed by atoms with Crippen molar-refractivity contribution in [3.05, 3.63) is 35.9 Å². The number of aliphatic hydroxyl groups is 1. The fourth-order valence-corrected chi connectivity index (χ4v) is 3.03. The van der Waals surface area contributed by atoms with Gasteiger partial charge in [0.15, 0.2) is 0 Å². The van der Waals surface area contributed by atoms with Gasteiger partial charge in [-0.05, 0) is 25.5 Å². The molecule has 0 unspecified atom stereocenters. The lowest BCUT2D eigenvalue weighted by Crippen LogP contribution is -2.52. The van der Waals surface area contributed by atoms with Crippen molar-refractivity contribution in [1.29, 1.82) is 0 Å². The van der Waals surface area contributed by atoms with Crippen LogP contribution in [-0.4, -0.2) is 29.1 Å². The fourth-order valence-electron chi connectivity index (χ4n) is 3.03. The summed E-state index contributed by atoms with van der Waals surface area (Å²) in [5, 5.41) is 11.0. The summed E-state index contributed by atoms with van der Waals surface area (Å²) in [6, 6.07) is 10.6. The molecule has 0 spiro atoms. The third kappa shape index (κ3) is 2.24. The van der Waals surface area contributed by atoms with Crippen molar-refractivity contribution in [2.45, 2.75) is 38.8 Å². The van der Waals surface area contributed by atoms with E-state index in [0.29, 0.717) is 6.04 Å². The van der Waals surface area contributed by atoms with Crippen LogP contribution in [0.1, 0.15) is 32.8 Å². The minimum atomic E-state index is -0.660. The summed E-state index contributed by atoms with van der Waals surface area (Å²) in [7, 11) is 0. The van der Waals surface area contributed by atoms with E-state index in [1.54, 1.807) is 0 Å². The lowest BCUT2D eigenvalue weighted by molar-refractivity contribution is -0.0892. The van der Waals surface area contributed by atoms with E-state index in [1.165, 1.54) is 0 Å². The smallest absolute Gasteiger partial charge is 0.0948 e. The van der Waals surface area contributed by atoms with Crippen LogP contribution in [0.25, 0.3) is 0 Å². The molecule has 2 rings (SSSR count). The molecule has 1 aliphatic rings. The normalized spacial score (nSPS) is 34.8. The predicted octanol–water partition coefficient (Wildman–Crippen LogP) is 2.62. The highest BCUT2D eigenvalue weighted by Gasteiger charge is 2.42. The van der Waals surface area contributed by atoms with E-state index in [-0.39, 0.29) is 5.92 Å². The number of hydrogen-bond donors (Lipinski definition) is 1. The van der Waals surface area contributed by atoms with Crippen LogP contribution < -0.4 is 0 Å². The summed E-state index contributed by atoms with van der Waals surface area (Å²) in [6.07, 6.45) is 0.825. The molecule has 0 aromatic heterocycles. The maximum Gasteiger partial charge on any atom is 0.0948 e. The van der Waals surface area contributed by atoms with Crippen LogP contribution in [0.15, 0.2) is 30.3 Å². The Labute approximate surface area is 104 Å². The minimum Gasteiger partial charge on any atom is -0.385 e. The molecule has 1 aromatic carbocycles. The highest BCUT2D eigenvalue weighted by atomic mass is 16.3. The summed E-state index contributed by atoms with van der Waals surface area (Å²) < 4.78 is 0. The molecular formula is C15H23NO. The molecule has 94 valence electrons. The van der Waals surface area contributed by atoms with Gasteiger partial charge < -0.3 is 10.0 Å². The summed E-state index contributed by atoms with van der Waals surface area (Å²) in [4.78, 5) is 2.45. The Morgan fingerprint density at radius 1 is 1.29 bits per heavy atom. The molecule has 1 saturated heterocycles. The average Bonchev–Trinajstić information content (AvgIpc) is 2.35. The maximum atomic E-state index is 11.0. The third-order valence-electron chi connectivity index (χ3n) is 4.23. The summed E-state index contributed by atoms with van der Waals surface area (Å²) in [5.74, 6) is 0.279. The van der Waals surface area contributed by atoms with Crippen molar-refractivity contribution >= 4 is 0 Å². The van der Waals surface area contributed by atoms with Gasteiger partial charge in [-0.25, -0.2) is 0 Å². The zero-order chi connectivity index (χ0) is 12.5. The van der Waals surface area contributed by atoms with Crippen LogP contribution in [0.5, 0.6) is 0 Å². The molecule has 0 amide bonds. The number of piperidine rings is 1. The van der Waals surface area contributed by atoms with E-state index >= 15 is 0 Å². The van der Waals surface area contributed by atoms with Gasteiger partial charge in [0.2, 0.25) is 0 Å². The first-order valence-electron chi connectivity index (χ1n) is 6.60. The Kier molecular flexibility index (Phi) is 3.55. The lowest BCUT2D eigenvalue weighted by atomic mass is 9.74. The van der Waals surface area contributed by atoms with Crippen LogP contribution in [-0.2, 0) is 5.60 Å². The monoisotopic (exact) mass is 233 g/mol. The third-order valence-corrected chi connectivity index (χ3v) is 4.23. The Morgan fingerprint density at radius 2 is 1.94 bits per heavy atom. The van der Waals surface area contributed by atoms with Gasteiger partial charge in [-0.3, -0.25) is 0 Å². The van der Waals surface area contributed by atoms with E-state index in [0.717, 1.165) is 25.1 Å². The molecule has 0 saturated carbocycles. The Morgan fingerprint density at radius 3 is 2.53 bits per heavy atom. The van der Waals surface area contributed by atoms with Crippen LogP contribution in [0.2, 0.25) is 0 Å². The highest BCUT2D eigenvalue weighted by Crippen LogP contribution is 2.39. The van der Waals surface area contributed by atoms with E-state index in [9.17, 15) is 5.11 Å². The summed E-state index contributed by atoms with van der Waals surface area (Å²) in [5.41, 5.74) is 0.405. The van der Waals surface area contributed by atoms with E-state index in [1.807, 2.05) is 30.3 Å². The van der Waals surface area contributed by atoms with Gasteiger partial charge in [-0.2, -0.15) is 0 Å². The zero-order valence-electron chi connectivity index (χ0n) is 11.1. The lowest BCUT2D eigenvalue weighted by Gasteiger charge is -2.47. The first-order chi connectivity index (χ1) is 8.08. The van der Waals surface area contributed by atoms with Crippen molar-refractivity contribution in [2.24, 2.45) is 5.92 Å². The van der Waals surface area contributed by atoms with Crippen molar-refractivity contribution in [2.75, 3.05) is 13.1 Å². The molecule has 1 aromatic rings. The molecular weight excluding hydrogens is 210 g/mol. The highest BCUT2D eigenvalue weighted by molar-refractivity contribution is 5.24. The molecule has 2 heteroatoms. The van der Waals surface area contributed by atoms with Crippen LogP contribution >= 0.6 is 0 Å². The predicted molar refractivity (Wildman–Crippen MR) is 70.8 cm³/mol. The van der Waals surface area contributed by atoms with Gasteiger partial charge in [0.05, 0.1) is 5.60 Å². The molecule has 1 heterocycles. The standard InChI is InChI=1S/C15H23NO/c1-4-16-11-12(2)15(17,10-13(16)3)14-8-6-5-7-9-14/h5-9,12-13,17H,4,10-11H2,1-3H3/t12-,13+,15-/m0/s1. The molecule has 0 bridgehead atoms. The molecule has 1 aliphatic heterocycles. The molecule has 0 aliphatic carbocycles. The number of likely N-dealkylation sites (tertiary alicyclic amines) is 1. The second-order valence-electron chi connectivity index (χ2n) is 5.33. The van der Waals surface area contributed by atoms with Crippen LogP contribution in [0.3, 0.4) is 0 Å². The van der Waals surface area contributed by atoms with Crippen LogP contribution in [0.4, 0.5) is 0 Å². The number of benzene rings is 1. The van der Waals surface area contributed by atoms with Gasteiger partial charge in [-0.1, -0.05) is 44.2 Å². The first-order valence-corrected chi connectivity index (χ1v) is 6.60. The van der Waals surface area contributed by atoms with Crippen molar-refractivity contribution in [3.8, 4) is 0 Å². The van der Waals surface area contributed by atoms with Gasteiger partial charge >= 0.3 is 0 Å². The van der Waals surface area contributed by atoms with E-state index in [2.05, 4.69) is 25.7 Å². The Hall–Kier alpha value is -0.860. The van der Waals surface area contributed by atoms with E-state index in [4.69, 9.17) is 0 Å². The number of hydrogen-bond acceptors (Lipinski definition) is 2. The SMILES string of the molecule is CCN1C[C@H](C)[C@](O)(c2ccccc2)C[C@H]1C. The molecule has 1 N–H and O–H groups in total. The first kappa shape index (κ1) is 12.6. The Bertz CT molecular complexity index is 364. The second kappa shape index (κ2) is 4.79. The Balaban J connectivity index is 2.26. The van der Waals surface area contributed by atoms with Crippen molar-refractivity contribution in [1.82, 2.24) is 4.90 Å². The van der Waals surface area contributed by atoms with Crippen LogP contribution in [0, 0.1) is 5.92 Å². The molecule has 3 atom stereocenters. The minimum absolute atomic E-state index is 0.279. The molecule has 17 heavy (non-hydrogen) atoms. The van der Waals surface area contributed by atoms with Gasteiger partial charge in [-0.15, -0.1) is 0 Å². The van der Waals surface area contributed by atoms with Crippen molar-refractivity contribution < 1.29 is 5.11 Å². The summed E-state index contributed by atoms with van der Waals surface area (Å²) >= 11 is 0. The molecule has 1 fully saturated rings. The summed E-state index contributed by atoms with van der Waals surface area (Å²) in [6.45, 7) is 8.60. The van der Waals surface area contributed by atoms with E-state index < -0.39 is 5.60 Å². The molecule has 2 nitrogen and oxygen atoms in total. The quantitative estimate of drug-likeness (QED) is 0.849. The number of nitrogens with zero attached hydrogens (tertiary/aromatic N) is 1. The molecule has 0 radical (unpaired) electrons. The van der Waals surface area contributed by atoms with Gasteiger partial charge in [0.1, 0.15) is 0 Å².